The van der Waals surface area contributed by atoms with Crippen molar-refractivity contribution in [2.75, 3.05) is 5.32 Å². The van der Waals surface area contributed by atoms with Crippen LogP contribution in [0, 0.1) is 10.1 Å². The van der Waals surface area contributed by atoms with Crippen molar-refractivity contribution < 1.29 is 4.92 Å². The Morgan fingerprint density at radius 2 is 1.68 bits per heavy atom. The number of para-hydroxylation sites is 1. The van der Waals surface area contributed by atoms with Crippen LogP contribution in [0.15, 0.2) is 84.0 Å². The van der Waals surface area contributed by atoms with Crippen LogP contribution in [0.25, 0.3) is 0 Å². The highest BCUT2D eigenvalue weighted by atomic mass is 32.1. The Labute approximate surface area is 166 Å². The number of rotatable bonds is 4. The lowest BCUT2D eigenvalue weighted by Crippen LogP contribution is -2.44. The quantitative estimate of drug-likeness (QED) is 0.205. The summed E-state index contributed by atoms with van der Waals surface area (Å²) in [6.07, 6.45) is 1.64. The summed E-state index contributed by atoms with van der Waals surface area (Å²) in [5.74, 6) is 0.409. The second kappa shape index (κ2) is 9.19. The molecule has 140 valence electrons. The minimum Gasteiger partial charge on any atom is -0.331 e. The molecule has 0 spiro atoms. The van der Waals surface area contributed by atoms with Crippen molar-refractivity contribution in [1.29, 1.82) is 0 Å². The van der Waals surface area contributed by atoms with Gasteiger partial charge in [0.2, 0.25) is 0 Å². The van der Waals surface area contributed by atoms with Crippen LogP contribution in [0.3, 0.4) is 0 Å². The molecule has 3 rings (SSSR count). The Morgan fingerprint density at radius 1 is 0.964 bits per heavy atom. The number of aromatic nitrogens is 1. The van der Waals surface area contributed by atoms with Crippen molar-refractivity contribution >= 4 is 40.2 Å². The summed E-state index contributed by atoms with van der Waals surface area (Å²) in [6, 6.07) is 20.8. The molecule has 1 heterocycles. The number of nitrogens with one attached hydrogen (secondary N) is 3. The number of benzene rings is 2. The zero-order valence-electron chi connectivity index (χ0n) is 14.6. The largest absolute Gasteiger partial charge is 0.331 e. The predicted octanol–water partition coefficient (Wildman–Crippen LogP) is 3.56. The summed E-state index contributed by atoms with van der Waals surface area (Å²) in [4.78, 5) is 19.1. The van der Waals surface area contributed by atoms with Gasteiger partial charge in [0.15, 0.2) is 10.9 Å². The minimum absolute atomic E-state index is 0.00217. The van der Waals surface area contributed by atoms with E-state index >= 15 is 0 Å². The average molecular weight is 392 g/mol. The van der Waals surface area contributed by atoms with E-state index < -0.39 is 4.92 Å². The average Bonchev–Trinajstić information content (AvgIpc) is 2.73. The third-order valence-electron chi connectivity index (χ3n) is 3.54. The van der Waals surface area contributed by atoms with Gasteiger partial charge in [-0.15, -0.1) is 0 Å². The smallest absolute Gasteiger partial charge is 0.269 e. The van der Waals surface area contributed by atoms with E-state index in [1.54, 1.807) is 30.5 Å². The topological polar surface area (TPSA) is 104 Å². The number of nitro groups is 1. The van der Waals surface area contributed by atoms with Crippen LogP contribution in [-0.2, 0) is 0 Å². The van der Waals surface area contributed by atoms with Gasteiger partial charge in [0.1, 0.15) is 5.69 Å². The van der Waals surface area contributed by atoms with Gasteiger partial charge in [-0.1, -0.05) is 24.3 Å². The van der Waals surface area contributed by atoms with Gasteiger partial charge in [0.25, 0.3) is 5.69 Å². The van der Waals surface area contributed by atoms with Crippen LogP contribution in [0.4, 0.5) is 17.1 Å². The predicted molar refractivity (Wildman–Crippen MR) is 112 cm³/mol. The molecule has 0 atom stereocenters. The number of aliphatic imine (C=N–C) groups is 1. The summed E-state index contributed by atoms with van der Waals surface area (Å²) in [5.41, 5.74) is 7.76. The summed E-state index contributed by atoms with van der Waals surface area (Å²) < 4.78 is 0. The number of amidine groups is 1. The number of thiocarbonyl (C=S) groups is 1. The van der Waals surface area contributed by atoms with Crippen LogP contribution in [0.2, 0.25) is 0 Å². The second-order valence-electron chi connectivity index (χ2n) is 5.52. The SMILES string of the molecule is O=[N+]([O-])c1ccc(N=C(NNC(=S)Nc2ccccc2)c2ccccn2)cc1. The minimum atomic E-state index is -0.458. The number of nitrogens with zero attached hydrogens (tertiary/aromatic N) is 3. The first kappa shape index (κ1) is 18.9. The van der Waals surface area contributed by atoms with Crippen molar-refractivity contribution in [3.63, 3.8) is 0 Å². The second-order valence-corrected chi connectivity index (χ2v) is 5.93. The lowest BCUT2D eigenvalue weighted by atomic mass is 10.3. The summed E-state index contributed by atoms with van der Waals surface area (Å²) >= 11 is 5.28. The first-order chi connectivity index (χ1) is 13.6. The molecular formula is C19H16N6O2S. The number of non-ortho nitro benzene ring substituents is 1. The van der Waals surface area contributed by atoms with Gasteiger partial charge < -0.3 is 5.32 Å². The highest BCUT2D eigenvalue weighted by Crippen LogP contribution is 2.18. The molecule has 2 aromatic carbocycles. The molecule has 0 radical (unpaired) electrons. The third kappa shape index (κ3) is 5.32. The van der Waals surface area contributed by atoms with Gasteiger partial charge >= 0.3 is 0 Å². The van der Waals surface area contributed by atoms with E-state index in [1.807, 2.05) is 36.4 Å². The number of hydrazine groups is 1. The summed E-state index contributed by atoms with van der Waals surface area (Å²) in [6.45, 7) is 0. The standard InChI is InChI=1S/C19H16N6O2S/c26-25(27)16-11-9-15(10-12-16)21-18(17-8-4-5-13-20-17)23-24-19(28)22-14-6-2-1-3-7-14/h1-13H,(H,21,23)(H2,22,24,28). The van der Waals surface area contributed by atoms with Crippen molar-refractivity contribution in [3.05, 3.63) is 94.8 Å². The number of nitro benzene ring substituents is 1. The molecule has 0 saturated heterocycles. The molecular weight excluding hydrogens is 376 g/mol. The molecule has 9 heteroatoms. The Kier molecular flexibility index (Phi) is 6.21. The van der Waals surface area contributed by atoms with Crippen molar-refractivity contribution in [2.45, 2.75) is 0 Å². The molecule has 0 unspecified atom stereocenters. The van der Waals surface area contributed by atoms with Crippen LogP contribution < -0.4 is 16.2 Å². The zero-order valence-corrected chi connectivity index (χ0v) is 15.4. The van der Waals surface area contributed by atoms with E-state index in [9.17, 15) is 10.1 Å². The zero-order chi connectivity index (χ0) is 19.8. The van der Waals surface area contributed by atoms with E-state index in [-0.39, 0.29) is 5.69 Å². The summed E-state index contributed by atoms with van der Waals surface area (Å²) in [5, 5.41) is 14.2. The number of hydrogen-bond acceptors (Lipinski definition) is 5. The lowest BCUT2D eigenvalue weighted by molar-refractivity contribution is -0.384. The molecule has 3 aromatic rings. The van der Waals surface area contributed by atoms with Crippen LogP contribution in [-0.4, -0.2) is 20.9 Å². The maximum absolute atomic E-state index is 10.8. The fourth-order valence-corrected chi connectivity index (χ4v) is 2.40. The van der Waals surface area contributed by atoms with Gasteiger partial charge in [-0.25, -0.2) is 4.99 Å². The number of anilines is 1. The van der Waals surface area contributed by atoms with E-state index in [1.165, 1.54) is 12.1 Å². The van der Waals surface area contributed by atoms with Gasteiger partial charge in [-0.2, -0.15) is 0 Å². The van der Waals surface area contributed by atoms with E-state index in [4.69, 9.17) is 12.2 Å². The Hall–Kier alpha value is -3.85. The molecule has 0 aliphatic heterocycles. The van der Waals surface area contributed by atoms with Gasteiger partial charge in [0, 0.05) is 24.0 Å². The van der Waals surface area contributed by atoms with Crippen LogP contribution >= 0.6 is 12.2 Å². The monoisotopic (exact) mass is 392 g/mol. The first-order valence-electron chi connectivity index (χ1n) is 8.24. The fraction of sp³-hybridized carbons (Fsp3) is 0. The molecule has 0 fully saturated rings. The van der Waals surface area contributed by atoms with Crippen molar-refractivity contribution in [1.82, 2.24) is 15.8 Å². The Balaban J connectivity index is 1.76. The maximum atomic E-state index is 10.8. The number of pyridine rings is 1. The van der Waals surface area contributed by atoms with E-state index in [2.05, 4.69) is 26.1 Å². The third-order valence-corrected chi connectivity index (χ3v) is 3.74. The normalized spacial score (nSPS) is 10.8. The molecule has 0 saturated carbocycles. The first-order valence-corrected chi connectivity index (χ1v) is 8.65. The Morgan fingerprint density at radius 3 is 2.32 bits per heavy atom. The fourth-order valence-electron chi connectivity index (χ4n) is 2.23. The van der Waals surface area contributed by atoms with E-state index in [0.29, 0.717) is 22.3 Å². The highest BCUT2D eigenvalue weighted by molar-refractivity contribution is 7.80. The van der Waals surface area contributed by atoms with Gasteiger partial charge in [-0.3, -0.25) is 25.9 Å². The molecule has 3 N–H and O–H groups in total. The van der Waals surface area contributed by atoms with Crippen LogP contribution in [0.5, 0.6) is 0 Å². The lowest BCUT2D eigenvalue weighted by Gasteiger charge is -2.14. The van der Waals surface area contributed by atoms with Crippen molar-refractivity contribution in [3.8, 4) is 0 Å². The van der Waals surface area contributed by atoms with Crippen molar-refractivity contribution in [2.24, 2.45) is 4.99 Å². The van der Waals surface area contributed by atoms with Crippen LogP contribution in [0.1, 0.15) is 5.69 Å². The highest BCUT2D eigenvalue weighted by Gasteiger charge is 2.08. The molecule has 1 aromatic heterocycles. The maximum Gasteiger partial charge on any atom is 0.269 e. The molecule has 0 aliphatic carbocycles. The van der Waals surface area contributed by atoms with Gasteiger partial charge in [0.05, 0.1) is 10.6 Å². The number of hydrogen-bond donors (Lipinski definition) is 3. The summed E-state index contributed by atoms with van der Waals surface area (Å²) in [7, 11) is 0. The molecule has 0 bridgehead atoms. The molecule has 28 heavy (non-hydrogen) atoms. The van der Waals surface area contributed by atoms with E-state index in [0.717, 1.165) is 5.69 Å². The molecule has 0 amide bonds. The molecule has 0 aliphatic rings. The molecule has 8 nitrogen and oxygen atoms in total. The Bertz CT molecular complexity index is 978. The van der Waals surface area contributed by atoms with Gasteiger partial charge in [-0.05, 0) is 48.6 Å².